The Hall–Kier alpha value is -3.62. The number of aryl methyl sites for hydroxylation is 1. The molecule has 2 aromatic rings. The number of rotatable bonds is 5. The summed E-state index contributed by atoms with van der Waals surface area (Å²) in [7, 11) is 0. The summed E-state index contributed by atoms with van der Waals surface area (Å²) in [6.07, 6.45) is 0.777. The zero-order valence-electron chi connectivity index (χ0n) is 15.2. The van der Waals surface area contributed by atoms with Crippen molar-refractivity contribution in [3.63, 3.8) is 0 Å². The van der Waals surface area contributed by atoms with Crippen LogP contribution >= 0.6 is 0 Å². The van der Waals surface area contributed by atoms with Crippen molar-refractivity contribution >= 4 is 23.2 Å². The second-order valence-corrected chi connectivity index (χ2v) is 6.20. The zero-order valence-corrected chi connectivity index (χ0v) is 15.2. The standard InChI is InChI=1S/C19H19N3O6/c1-12-3-4-13(9-15(12)22(25)26)19(24)20-11-18(23)21-14-5-6-16-17(10-14)28-8-2-7-27-16/h3-6,9-10H,2,7-8,11H2,1H3,(H,20,24)(H,21,23). The van der Waals surface area contributed by atoms with Gasteiger partial charge in [-0.2, -0.15) is 0 Å². The zero-order chi connectivity index (χ0) is 20.1. The Morgan fingerprint density at radius 1 is 1.11 bits per heavy atom. The number of carbonyl (C=O) groups excluding carboxylic acids is 2. The number of fused-ring (bicyclic) bond motifs is 1. The third-order valence-electron chi connectivity index (χ3n) is 4.11. The van der Waals surface area contributed by atoms with Crippen LogP contribution in [0, 0.1) is 17.0 Å². The van der Waals surface area contributed by atoms with E-state index >= 15 is 0 Å². The molecule has 0 atom stereocenters. The van der Waals surface area contributed by atoms with Crippen molar-refractivity contribution in [2.45, 2.75) is 13.3 Å². The van der Waals surface area contributed by atoms with E-state index in [4.69, 9.17) is 9.47 Å². The first kappa shape index (κ1) is 19.2. The van der Waals surface area contributed by atoms with Crippen molar-refractivity contribution in [3.05, 3.63) is 57.6 Å². The van der Waals surface area contributed by atoms with Gasteiger partial charge in [-0.15, -0.1) is 0 Å². The fraction of sp³-hybridized carbons (Fsp3) is 0.263. The summed E-state index contributed by atoms with van der Waals surface area (Å²) < 4.78 is 11.1. The molecule has 0 unspecified atom stereocenters. The fourth-order valence-electron chi connectivity index (χ4n) is 2.66. The molecule has 2 amide bonds. The predicted octanol–water partition coefficient (Wildman–Crippen LogP) is 2.43. The van der Waals surface area contributed by atoms with Crippen LogP contribution in [0.3, 0.4) is 0 Å². The van der Waals surface area contributed by atoms with Crippen LogP contribution in [-0.4, -0.2) is 36.5 Å². The van der Waals surface area contributed by atoms with Gasteiger partial charge in [-0.25, -0.2) is 0 Å². The van der Waals surface area contributed by atoms with Crippen LogP contribution < -0.4 is 20.1 Å². The molecule has 0 saturated carbocycles. The minimum Gasteiger partial charge on any atom is -0.490 e. The lowest BCUT2D eigenvalue weighted by Gasteiger charge is -2.11. The highest BCUT2D eigenvalue weighted by Gasteiger charge is 2.16. The van der Waals surface area contributed by atoms with Crippen LogP contribution in [0.1, 0.15) is 22.3 Å². The van der Waals surface area contributed by atoms with Gasteiger partial charge in [0.05, 0.1) is 24.7 Å². The fourth-order valence-corrected chi connectivity index (χ4v) is 2.66. The summed E-state index contributed by atoms with van der Waals surface area (Å²) in [5.74, 6) is 0.150. The quantitative estimate of drug-likeness (QED) is 0.602. The number of nitro benzene ring substituents is 1. The Morgan fingerprint density at radius 3 is 2.61 bits per heavy atom. The molecule has 0 spiro atoms. The summed E-state index contributed by atoms with van der Waals surface area (Å²) in [6.45, 7) is 2.41. The summed E-state index contributed by atoms with van der Waals surface area (Å²) in [4.78, 5) is 34.7. The SMILES string of the molecule is Cc1ccc(C(=O)NCC(=O)Nc2ccc3c(c2)OCCCO3)cc1[N+](=O)[O-]. The third kappa shape index (κ3) is 4.56. The molecule has 0 saturated heterocycles. The van der Waals surface area contributed by atoms with E-state index in [2.05, 4.69) is 10.6 Å². The Labute approximate surface area is 160 Å². The molecule has 1 aliphatic heterocycles. The van der Waals surface area contributed by atoms with E-state index < -0.39 is 16.7 Å². The van der Waals surface area contributed by atoms with E-state index in [0.29, 0.717) is 36.0 Å². The van der Waals surface area contributed by atoms with E-state index in [0.717, 1.165) is 6.42 Å². The number of amides is 2. The highest BCUT2D eigenvalue weighted by atomic mass is 16.6. The summed E-state index contributed by atoms with van der Waals surface area (Å²) in [6, 6.07) is 9.19. The maximum absolute atomic E-state index is 12.2. The van der Waals surface area contributed by atoms with Crippen LogP contribution in [0.15, 0.2) is 36.4 Å². The molecule has 146 valence electrons. The number of anilines is 1. The van der Waals surface area contributed by atoms with Gasteiger partial charge in [0, 0.05) is 35.4 Å². The Morgan fingerprint density at radius 2 is 1.86 bits per heavy atom. The van der Waals surface area contributed by atoms with Crippen LogP contribution in [0.5, 0.6) is 11.5 Å². The highest BCUT2D eigenvalue weighted by Crippen LogP contribution is 2.32. The summed E-state index contributed by atoms with van der Waals surface area (Å²) in [5, 5.41) is 16.1. The van der Waals surface area contributed by atoms with Gasteiger partial charge < -0.3 is 20.1 Å². The average Bonchev–Trinajstić information content (AvgIpc) is 2.91. The molecule has 2 N–H and O–H groups in total. The molecule has 1 heterocycles. The normalized spacial score (nSPS) is 12.6. The lowest BCUT2D eigenvalue weighted by atomic mass is 10.1. The van der Waals surface area contributed by atoms with Crippen molar-refractivity contribution < 1.29 is 24.0 Å². The molecule has 0 bridgehead atoms. The molecule has 28 heavy (non-hydrogen) atoms. The van der Waals surface area contributed by atoms with Crippen LogP contribution in [-0.2, 0) is 4.79 Å². The van der Waals surface area contributed by atoms with E-state index in [1.165, 1.54) is 18.2 Å². The smallest absolute Gasteiger partial charge is 0.273 e. The first-order valence-electron chi connectivity index (χ1n) is 8.67. The summed E-state index contributed by atoms with van der Waals surface area (Å²) in [5.41, 5.74) is 0.924. The molecule has 9 heteroatoms. The lowest BCUT2D eigenvalue weighted by molar-refractivity contribution is -0.385. The van der Waals surface area contributed by atoms with Gasteiger partial charge in [-0.1, -0.05) is 6.07 Å². The molecule has 3 rings (SSSR count). The lowest BCUT2D eigenvalue weighted by Crippen LogP contribution is -2.32. The number of carbonyl (C=O) groups is 2. The van der Waals surface area contributed by atoms with Crippen molar-refractivity contribution in [1.29, 1.82) is 0 Å². The number of nitro groups is 1. The van der Waals surface area contributed by atoms with Gasteiger partial charge in [-0.05, 0) is 25.1 Å². The second kappa shape index (κ2) is 8.38. The molecule has 0 aliphatic carbocycles. The first-order valence-corrected chi connectivity index (χ1v) is 8.67. The number of hydrogen-bond acceptors (Lipinski definition) is 6. The van der Waals surface area contributed by atoms with Gasteiger partial charge >= 0.3 is 0 Å². The van der Waals surface area contributed by atoms with Gasteiger partial charge in [-0.3, -0.25) is 19.7 Å². The number of benzene rings is 2. The number of ether oxygens (including phenoxy) is 2. The Kier molecular flexibility index (Phi) is 5.73. The van der Waals surface area contributed by atoms with Crippen LogP contribution in [0.25, 0.3) is 0 Å². The Bertz CT molecular complexity index is 928. The third-order valence-corrected chi connectivity index (χ3v) is 4.11. The minimum atomic E-state index is -0.572. The molecule has 9 nitrogen and oxygen atoms in total. The van der Waals surface area contributed by atoms with E-state index in [-0.39, 0.29) is 17.8 Å². The molecule has 2 aromatic carbocycles. The molecule has 0 radical (unpaired) electrons. The van der Waals surface area contributed by atoms with Crippen molar-refractivity contribution in [2.75, 3.05) is 25.1 Å². The number of hydrogen-bond donors (Lipinski definition) is 2. The van der Waals surface area contributed by atoms with Gasteiger partial charge in [0.15, 0.2) is 11.5 Å². The van der Waals surface area contributed by atoms with Crippen molar-refractivity contribution in [1.82, 2.24) is 5.32 Å². The average molecular weight is 385 g/mol. The van der Waals surface area contributed by atoms with Crippen molar-refractivity contribution in [3.8, 4) is 11.5 Å². The first-order chi connectivity index (χ1) is 13.4. The number of nitrogens with zero attached hydrogens (tertiary/aromatic N) is 1. The van der Waals surface area contributed by atoms with Crippen LogP contribution in [0.4, 0.5) is 11.4 Å². The highest BCUT2D eigenvalue weighted by molar-refractivity contribution is 5.99. The van der Waals surface area contributed by atoms with Crippen molar-refractivity contribution in [2.24, 2.45) is 0 Å². The largest absolute Gasteiger partial charge is 0.490 e. The topological polar surface area (TPSA) is 120 Å². The molecule has 0 fully saturated rings. The molecular weight excluding hydrogens is 366 g/mol. The molecular formula is C19H19N3O6. The minimum absolute atomic E-state index is 0.112. The second-order valence-electron chi connectivity index (χ2n) is 6.20. The maximum atomic E-state index is 12.2. The number of nitrogens with one attached hydrogen (secondary N) is 2. The molecule has 0 aromatic heterocycles. The Balaban J connectivity index is 1.58. The monoisotopic (exact) mass is 385 g/mol. The van der Waals surface area contributed by atoms with Crippen LogP contribution in [0.2, 0.25) is 0 Å². The van der Waals surface area contributed by atoms with E-state index in [9.17, 15) is 19.7 Å². The van der Waals surface area contributed by atoms with E-state index in [1.54, 1.807) is 25.1 Å². The van der Waals surface area contributed by atoms with Gasteiger partial charge in [0.25, 0.3) is 11.6 Å². The van der Waals surface area contributed by atoms with Gasteiger partial charge in [0.2, 0.25) is 5.91 Å². The predicted molar refractivity (Wildman–Crippen MR) is 101 cm³/mol. The molecule has 1 aliphatic rings. The maximum Gasteiger partial charge on any atom is 0.273 e. The van der Waals surface area contributed by atoms with Gasteiger partial charge in [0.1, 0.15) is 0 Å². The summed E-state index contributed by atoms with van der Waals surface area (Å²) >= 11 is 0. The van der Waals surface area contributed by atoms with E-state index in [1.807, 2.05) is 0 Å².